The summed E-state index contributed by atoms with van der Waals surface area (Å²) in [5.74, 6) is 0. The molecule has 0 spiro atoms. The van der Waals surface area contributed by atoms with Crippen LogP contribution in [-0.4, -0.2) is 19.6 Å². The lowest BCUT2D eigenvalue weighted by Gasteiger charge is -2.24. The number of hydrogen-bond donors (Lipinski definition) is 2. The van der Waals surface area contributed by atoms with Crippen LogP contribution in [0.4, 0.5) is 0 Å². The molecule has 3 heteroatoms. The molecule has 2 heterocycles. The van der Waals surface area contributed by atoms with E-state index in [4.69, 9.17) is 0 Å². The lowest BCUT2D eigenvalue weighted by Crippen LogP contribution is -2.42. The smallest absolute Gasteiger partial charge is 0.0545 e. The van der Waals surface area contributed by atoms with Gasteiger partial charge in [-0.05, 0) is 23.9 Å². The number of hydrogen-bond acceptors (Lipinski definition) is 3. The zero-order valence-corrected chi connectivity index (χ0v) is 10.2. The van der Waals surface area contributed by atoms with Crippen molar-refractivity contribution in [3.8, 4) is 0 Å². The molecule has 1 aliphatic heterocycles. The van der Waals surface area contributed by atoms with Crippen LogP contribution in [0.1, 0.15) is 16.5 Å². The molecule has 1 aromatic carbocycles. The van der Waals surface area contributed by atoms with Crippen LogP contribution in [0.15, 0.2) is 24.3 Å². The van der Waals surface area contributed by atoms with Crippen LogP contribution in [0.5, 0.6) is 0 Å². The summed E-state index contributed by atoms with van der Waals surface area (Å²) in [6.07, 6.45) is 0. The zero-order valence-electron chi connectivity index (χ0n) is 9.42. The first-order valence-corrected chi connectivity index (χ1v) is 6.60. The molecule has 2 nitrogen and oxygen atoms in total. The molecule has 16 heavy (non-hydrogen) atoms. The fourth-order valence-electron chi connectivity index (χ4n) is 2.36. The molecular weight excluding hydrogens is 216 g/mol. The first-order chi connectivity index (χ1) is 7.86. The van der Waals surface area contributed by atoms with Gasteiger partial charge in [-0.1, -0.05) is 18.2 Å². The maximum Gasteiger partial charge on any atom is 0.0545 e. The van der Waals surface area contributed by atoms with Crippen molar-refractivity contribution in [2.24, 2.45) is 0 Å². The summed E-state index contributed by atoms with van der Waals surface area (Å²) in [5.41, 5.74) is 1.45. The summed E-state index contributed by atoms with van der Waals surface area (Å²) in [4.78, 5) is 1.49. The number of rotatable bonds is 1. The van der Waals surface area contributed by atoms with Crippen molar-refractivity contribution in [3.63, 3.8) is 0 Å². The molecule has 0 aliphatic carbocycles. The Morgan fingerprint density at radius 2 is 2.12 bits per heavy atom. The van der Waals surface area contributed by atoms with Crippen LogP contribution in [0, 0.1) is 6.92 Å². The molecule has 1 saturated heterocycles. The topological polar surface area (TPSA) is 24.1 Å². The van der Waals surface area contributed by atoms with Gasteiger partial charge in [-0.3, -0.25) is 0 Å². The second kappa shape index (κ2) is 4.17. The summed E-state index contributed by atoms with van der Waals surface area (Å²) in [6, 6.07) is 9.17. The molecule has 1 aromatic heterocycles. The molecule has 0 saturated carbocycles. The lowest BCUT2D eigenvalue weighted by molar-refractivity contribution is 0.434. The van der Waals surface area contributed by atoms with Gasteiger partial charge in [0.05, 0.1) is 6.04 Å². The Balaban J connectivity index is 2.05. The van der Waals surface area contributed by atoms with Crippen molar-refractivity contribution < 1.29 is 0 Å². The van der Waals surface area contributed by atoms with E-state index in [1.807, 2.05) is 11.3 Å². The van der Waals surface area contributed by atoms with Crippen LogP contribution in [-0.2, 0) is 0 Å². The van der Waals surface area contributed by atoms with E-state index in [1.165, 1.54) is 20.5 Å². The standard InChI is InChI=1S/C13H16N2S/c1-9-10-4-2-3-5-12(10)16-13(9)11-8-14-6-7-15-11/h2-5,11,14-15H,6-8H2,1H3. The molecule has 1 aliphatic rings. The van der Waals surface area contributed by atoms with E-state index in [2.05, 4.69) is 41.8 Å². The molecule has 1 atom stereocenters. The highest BCUT2D eigenvalue weighted by atomic mass is 32.1. The number of piperazine rings is 1. The predicted octanol–water partition coefficient (Wildman–Crippen LogP) is 2.44. The largest absolute Gasteiger partial charge is 0.314 e. The van der Waals surface area contributed by atoms with Crippen LogP contribution < -0.4 is 10.6 Å². The van der Waals surface area contributed by atoms with Gasteiger partial charge >= 0.3 is 0 Å². The summed E-state index contributed by atoms with van der Waals surface area (Å²) in [7, 11) is 0. The van der Waals surface area contributed by atoms with Crippen molar-refractivity contribution in [2.75, 3.05) is 19.6 Å². The summed E-state index contributed by atoms with van der Waals surface area (Å²) < 4.78 is 1.40. The first kappa shape index (κ1) is 10.3. The second-order valence-corrected chi connectivity index (χ2v) is 5.38. The third kappa shape index (κ3) is 1.65. The van der Waals surface area contributed by atoms with Crippen LogP contribution in [0.3, 0.4) is 0 Å². The van der Waals surface area contributed by atoms with E-state index in [9.17, 15) is 0 Å². The molecular formula is C13H16N2S. The number of benzene rings is 1. The maximum absolute atomic E-state index is 3.59. The van der Waals surface area contributed by atoms with Crippen LogP contribution >= 0.6 is 11.3 Å². The zero-order chi connectivity index (χ0) is 11.0. The van der Waals surface area contributed by atoms with Crippen molar-refractivity contribution in [3.05, 3.63) is 34.7 Å². The molecule has 1 unspecified atom stereocenters. The average Bonchev–Trinajstić information content (AvgIpc) is 2.69. The van der Waals surface area contributed by atoms with Gasteiger partial charge in [0.1, 0.15) is 0 Å². The fraction of sp³-hybridized carbons (Fsp3) is 0.385. The Kier molecular flexibility index (Phi) is 2.67. The minimum absolute atomic E-state index is 0.492. The van der Waals surface area contributed by atoms with Gasteiger partial charge in [0.25, 0.3) is 0 Å². The predicted molar refractivity (Wildman–Crippen MR) is 70.2 cm³/mol. The highest BCUT2D eigenvalue weighted by Gasteiger charge is 2.19. The Hall–Kier alpha value is -0.900. The van der Waals surface area contributed by atoms with Gasteiger partial charge in [-0.2, -0.15) is 0 Å². The number of thiophene rings is 1. The molecule has 84 valence electrons. The third-order valence-electron chi connectivity index (χ3n) is 3.24. The fourth-order valence-corrected chi connectivity index (χ4v) is 3.65. The lowest BCUT2D eigenvalue weighted by atomic mass is 10.1. The monoisotopic (exact) mass is 232 g/mol. The molecule has 2 N–H and O–H groups in total. The molecule has 3 rings (SSSR count). The molecule has 2 aromatic rings. The SMILES string of the molecule is Cc1c(C2CNCCN2)sc2ccccc12. The highest BCUT2D eigenvalue weighted by Crippen LogP contribution is 2.34. The number of nitrogens with one attached hydrogen (secondary N) is 2. The normalized spacial score (nSPS) is 21.4. The minimum Gasteiger partial charge on any atom is -0.314 e. The van der Waals surface area contributed by atoms with Crippen molar-refractivity contribution >= 4 is 21.4 Å². The third-order valence-corrected chi connectivity index (χ3v) is 4.62. The number of aryl methyl sites for hydroxylation is 1. The number of fused-ring (bicyclic) bond motifs is 1. The van der Waals surface area contributed by atoms with E-state index in [-0.39, 0.29) is 0 Å². The summed E-state index contributed by atoms with van der Waals surface area (Å²) in [6.45, 7) is 5.44. The second-order valence-electron chi connectivity index (χ2n) is 4.30. The Morgan fingerprint density at radius 1 is 1.25 bits per heavy atom. The van der Waals surface area contributed by atoms with Gasteiger partial charge < -0.3 is 10.6 Å². The summed E-state index contributed by atoms with van der Waals surface area (Å²) >= 11 is 1.93. The quantitative estimate of drug-likeness (QED) is 0.789. The van der Waals surface area contributed by atoms with E-state index in [1.54, 1.807) is 0 Å². The van der Waals surface area contributed by atoms with Crippen molar-refractivity contribution in [1.29, 1.82) is 0 Å². The minimum atomic E-state index is 0.492. The summed E-state index contributed by atoms with van der Waals surface area (Å²) in [5, 5.41) is 8.45. The Morgan fingerprint density at radius 3 is 2.88 bits per heavy atom. The highest BCUT2D eigenvalue weighted by molar-refractivity contribution is 7.19. The average molecular weight is 232 g/mol. The Labute approximate surface area is 99.7 Å². The van der Waals surface area contributed by atoms with Gasteiger partial charge in [-0.15, -0.1) is 11.3 Å². The Bertz CT molecular complexity index is 498. The van der Waals surface area contributed by atoms with Gasteiger partial charge in [-0.25, -0.2) is 0 Å². The van der Waals surface area contributed by atoms with E-state index in [0.29, 0.717) is 6.04 Å². The molecule has 1 fully saturated rings. The van der Waals surface area contributed by atoms with E-state index >= 15 is 0 Å². The van der Waals surface area contributed by atoms with Gasteiger partial charge in [0.15, 0.2) is 0 Å². The van der Waals surface area contributed by atoms with E-state index in [0.717, 1.165) is 19.6 Å². The van der Waals surface area contributed by atoms with Crippen LogP contribution in [0.2, 0.25) is 0 Å². The van der Waals surface area contributed by atoms with Crippen molar-refractivity contribution in [1.82, 2.24) is 10.6 Å². The molecule has 0 amide bonds. The maximum atomic E-state index is 3.59. The van der Waals surface area contributed by atoms with Gasteiger partial charge in [0.2, 0.25) is 0 Å². The van der Waals surface area contributed by atoms with Crippen LogP contribution in [0.25, 0.3) is 10.1 Å². The van der Waals surface area contributed by atoms with Crippen molar-refractivity contribution in [2.45, 2.75) is 13.0 Å². The molecule has 0 radical (unpaired) electrons. The van der Waals surface area contributed by atoms with Gasteiger partial charge in [0, 0.05) is 29.2 Å². The van der Waals surface area contributed by atoms with E-state index < -0.39 is 0 Å². The molecule has 0 bridgehead atoms. The first-order valence-electron chi connectivity index (χ1n) is 5.78.